The van der Waals surface area contributed by atoms with Crippen molar-refractivity contribution in [2.75, 3.05) is 4.90 Å². The second-order valence-electron chi connectivity index (χ2n) is 5.79. The molecule has 1 aliphatic rings. The Morgan fingerprint density at radius 2 is 1.46 bits per heavy atom. The van der Waals surface area contributed by atoms with Crippen molar-refractivity contribution in [1.82, 2.24) is 0 Å². The standard InChI is InChI=1S/C21H16N2O/c1-15-11-13-16(14-12-15)22-20-18-9-5-6-10-19(18)23(21(20)24)17-7-3-2-4-8-17/h2-14H,1H3/b22-20-. The minimum atomic E-state index is -0.0945. The van der Waals surface area contributed by atoms with Crippen molar-refractivity contribution in [2.24, 2.45) is 4.99 Å². The van der Waals surface area contributed by atoms with Crippen LogP contribution in [0.25, 0.3) is 0 Å². The highest BCUT2D eigenvalue weighted by atomic mass is 16.2. The van der Waals surface area contributed by atoms with Crippen molar-refractivity contribution in [1.29, 1.82) is 0 Å². The van der Waals surface area contributed by atoms with E-state index in [0.29, 0.717) is 5.71 Å². The molecule has 1 amide bonds. The predicted octanol–water partition coefficient (Wildman–Crippen LogP) is 4.79. The molecule has 0 spiro atoms. The van der Waals surface area contributed by atoms with Crippen molar-refractivity contribution >= 4 is 28.7 Å². The molecular weight excluding hydrogens is 296 g/mol. The number of anilines is 2. The summed E-state index contributed by atoms with van der Waals surface area (Å²) in [5.74, 6) is -0.0945. The fourth-order valence-corrected chi connectivity index (χ4v) is 2.89. The van der Waals surface area contributed by atoms with Gasteiger partial charge in [-0.05, 0) is 37.3 Å². The molecule has 3 aromatic carbocycles. The number of para-hydroxylation sites is 2. The quantitative estimate of drug-likeness (QED) is 0.669. The molecule has 24 heavy (non-hydrogen) atoms. The summed E-state index contributed by atoms with van der Waals surface area (Å²) in [5, 5.41) is 0. The Kier molecular flexibility index (Phi) is 3.47. The minimum Gasteiger partial charge on any atom is -0.275 e. The molecule has 0 unspecified atom stereocenters. The Labute approximate surface area is 140 Å². The van der Waals surface area contributed by atoms with Gasteiger partial charge in [0.25, 0.3) is 5.91 Å². The van der Waals surface area contributed by atoms with Crippen LogP contribution in [0.2, 0.25) is 0 Å². The summed E-state index contributed by atoms with van der Waals surface area (Å²) in [6, 6.07) is 25.3. The predicted molar refractivity (Wildman–Crippen MR) is 97.4 cm³/mol. The Morgan fingerprint density at radius 3 is 2.21 bits per heavy atom. The van der Waals surface area contributed by atoms with E-state index in [-0.39, 0.29) is 5.91 Å². The Morgan fingerprint density at radius 1 is 0.792 bits per heavy atom. The number of rotatable bonds is 2. The fraction of sp³-hybridized carbons (Fsp3) is 0.0476. The number of benzene rings is 3. The zero-order valence-corrected chi connectivity index (χ0v) is 13.3. The van der Waals surface area contributed by atoms with Gasteiger partial charge in [-0.2, -0.15) is 0 Å². The van der Waals surface area contributed by atoms with Gasteiger partial charge in [-0.25, -0.2) is 4.99 Å². The van der Waals surface area contributed by atoms with Gasteiger partial charge in [-0.15, -0.1) is 0 Å². The van der Waals surface area contributed by atoms with Crippen LogP contribution in [-0.2, 0) is 4.79 Å². The van der Waals surface area contributed by atoms with Gasteiger partial charge >= 0.3 is 0 Å². The number of carbonyl (C=O) groups excluding carboxylic acids is 1. The SMILES string of the molecule is Cc1ccc(/N=C2\C(=O)N(c3ccccc3)c3ccccc32)cc1. The van der Waals surface area contributed by atoms with Gasteiger partial charge in [0.1, 0.15) is 5.71 Å². The summed E-state index contributed by atoms with van der Waals surface area (Å²) in [5.41, 5.74) is 5.03. The lowest BCUT2D eigenvalue weighted by atomic mass is 10.1. The highest BCUT2D eigenvalue weighted by molar-refractivity contribution is 6.56. The van der Waals surface area contributed by atoms with Gasteiger partial charge < -0.3 is 0 Å². The smallest absolute Gasteiger partial charge is 0.275 e. The lowest BCUT2D eigenvalue weighted by Gasteiger charge is -2.16. The summed E-state index contributed by atoms with van der Waals surface area (Å²) >= 11 is 0. The second-order valence-corrected chi connectivity index (χ2v) is 5.79. The molecule has 3 aromatic rings. The Bertz CT molecular complexity index is 928. The van der Waals surface area contributed by atoms with E-state index in [1.807, 2.05) is 85.8 Å². The molecule has 3 nitrogen and oxygen atoms in total. The number of hydrogen-bond donors (Lipinski definition) is 0. The maximum absolute atomic E-state index is 13.0. The van der Waals surface area contributed by atoms with Crippen molar-refractivity contribution in [3.05, 3.63) is 90.0 Å². The summed E-state index contributed by atoms with van der Waals surface area (Å²) in [6.07, 6.45) is 0. The van der Waals surface area contributed by atoms with Crippen LogP contribution in [0.15, 0.2) is 83.9 Å². The molecule has 1 heterocycles. The van der Waals surface area contributed by atoms with Crippen LogP contribution in [0.3, 0.4) is 0 Å². The maximum Gasteiger partial charge on any atom is 0.282 e. The molecule has 0 saturated carbocycles. The first-order valence-electron chi connectivity index (χ1n) is 7.88. The van der Waals surface area contributed by atoms with E-state index in [4.69, 9.17) is 0 Å². The molecule has 4 rings (SSSR count). The first kappa shape index (κ1) is 14.4. The zero-order chi connectivity index (χ0) is 16.5. The van der Waals surface area contributed by atoms with Crippen LogP contribution >= 0.6 is 0 Å². The molecule has 1 aliphatic heterocycles. The van der Waals surface area contributed by atoms with Crippen LogP contribution in [0.1, 0.15) is 11.1 Å². The summed E-state index contributed by atoms with van der Waals surface area (Å²) in [7, 11) is 0. The minimum absolute atomic E-state index is 0.0945. The van der Waals surface area contributed by atoms with Crippen molar-refractivity contribution in [3.8, 4) is 0 Å². The summed E-state index contributed by atoms with van der Waals surface area (Å²) in [6.45, 7) is 2.03. The highest BCUT2D eigenvalue weighted by Gasteiger charge is 2.34. The molecule has 0 bridgehead atoms. The second kappa shape index (κ2) is 5.78. The Hall–Kier alpha value is -3.20. The molecule has 0 aliphatic carbocycles. The maximum atomic E-state index is 13.0. The third-order valence-corrected chi connectivity index (χ3v) is 4.10. The molecule has 0 N–H and O–H groups in total. The van der Waals surface area contributed by atoms with E-state index in [1.165, 1.54) is 5.56 Å². The van der Waals surface area contributed by atoms with E-state index in [0.717, 1.165) is 22.6 Å². The average molecular weight is 312 g/mol. The van der Waals surface area contributed by atoms with Crippen LogP contribution in [-0.4, -0.2) is 11.6 Å². The zero-order valence-electron chi connectivity index (χ0n) is 13.3. The van der Waals surface area contributed by atoms with E-state index in [1.54, 1.807) is 4.90 Å². The van der Waals surface area contributed by atoms with E-state index in [2.05, 4.69) is 4.99 Å². The lowest BCUT2D eigenvalue weighted by molar-refractivity contribution is -0.111. The number of aryl methyl sites for hydroxylation is 1. The average Bonchev–Trinajstić information content (AvgIpc) is 2.90. The van der Waals surface area contributed by atoms with Gasteiger partial charge in [0.2, 0.25) is 0 Å². The molecule has 0 radical (unpaired) electrons. The van der Waals surface area contributed by atoms with Crippen LogP contribution in [0.4, 0.5) is 17.1 Å². The Balaban J connectivity index is 1.85. The number of aliphatic imine (C=N–C) groups is 1. The van der Waals surface area contributed by atoms with Crippen molar-refractivity contribution in [3.63, 3.8) is 0 Å². The largest absolute Gasteiger partial charge is 0.282 e. The van der Waals surface area contributed by atoms with Crippen LogP contribution in [0.5, 0.6) is 0 Å². The monoisotopic (exact) mass is 312 g/mol. The number of hydrogen-bond acceptors (Lipinski definition) is 2. The van der Waals surface area contributed by atoms with Crippen LogP contribution < -0.4 is 4.90 Å². The van der Waals surface area contributed by atoms with Gasteiger partial charge in [0.15, 0.2) is 0 Å². The van der Waals surface area contributed by atoms with Gasteiger partial charge in [-0.3, -0.25) is 9.69 Å². The first-order chi connectivity index (χ1) is 11.7. The normalized spacial score (nSPS) is 15.0. The third-order valence-electron chi connectivity index (χ3n) is 4.10. The third kappa shape index (κ3) is 2.40. The number of carbonyl (C=O) groups is 1. The van der Waals surface area contributed by atoms with E-state index >= 15 is 0 Å². The van der Waals surface area contributed by atoms with E-state index < -0.39 is 0 Å². The fourth-order valence-electron chi connectivity index (χ4n) is 2.89. The number of fused-ring (bicyclic) bond motifs is 1. The molecule has 0 fully saturated rings. The number of amides is 1. The van der Waals surface area contributed by atoms with Crippen molar-refractivity contribution < 1.29 is 4.79 Å². The van der Waals surface area contributed by atoms with Crippen LogP contribution in [0, 0.1) is 6.92 Å². The molecule has 116 valence electrons. The molecular formula is C21H16N2O. The van der Waals surface area contributed by atoms with Gasteiger partial charge in [-0.1, -0.05) is 54.1 Å². The lowest BCUT2D eigenvalue weighted by Crippen LogP contribution is -2.25. The molecule has 0 saturated heterocycles. The molecule has 0 atom stereocenters. The van der Waals surface area contributed by atoms with E-state index in [9.17, 15) is 4.79 Å². The topological polar surface area (TPSA) is 32.7 Å². The molecule has 3 heteroatoms. The highest BCUT2D eigenvalue weighted by Crippen LogP contribution is 2.36. The van der Waals surface area contributed by atoms with Gasteiger partial charge in [0, 0.05) is 11.3 Å². The summed E-state index contributed by atoms with van der Waals surface area (Å²) in [4.78, 5) is 19.4. The van der Waals surface area contributed by atoms with Gasteiger partial charge in [0.05, 0.1) is 11.4 Å². The summed E-state index contributed by atoms with van der Waals surface area (Å²) < 4.78 is 0. The first-order valence-corrected chi connectivity index (χ1v) is 7.88. The number of nitrogens with zero attached hydrogens (tertiary/aromatic N) is 2. The van der Waals surface area contributed by atoms with Crippen molar-refractivity contribution in [2.45, 2.75) is 6.92 Å². The molecule has 0 aromatic heterocycles.